The van der Waals surface area contributed by atoms with E-state index in [1.165, 1.54) is 21.0 Å². The molecule has 0 fully saturated rings. The van der Waals surface area contributed by atoms with E-state index in [0.717, 1.165) is 12.1 Å². The topological polar surface area (TPSA) is 26.3 Å². The number of methoxy groups -OCH3 is 1. The molecule has 7 heteroatoms. The molecule has 88 valence electrons. The van der Waals surface area contributed by atoms with Gasteiger partial charge in [-0.05, 0) is 25.0 Å². The van der Waals surface area contributed by atoms with Gasteiger partial charge in [-0.3, -0.25) is 0 Å². The fourth-order valence-corrected chi connectivity index (χ4v) is 1.61. The molecule has 0 saturated carbocycles. The van der Waals surface area contributed by atoms with Crippen molar-refractivity contribution in [1.82, 2.24) is 0 Å². The van der Waals surface area contributed by atoms with Gasteiger partial charge in [0.05, 0.1) is 12.7 Å². The molecule has 0 aromatic heterocycles. The van der Waals surface area contributed by atoms with E-state index in [0.29, 0.717) is 0 Å². The molecule has 1 rings (SSSR count). The number of carbonyl (C=O) groups is 1. The van der Waals surface area contributed by atoms with E-state index in [2.05, 4.69) is 4.74 Å². The third kappa shape index (κ3) is 4.10. The first kappa shape index (κ1) is 17.2. The summed E-state index contributed by atoms with van der Waals surface area (Å²) in [7, 11) is 1.20. The predicted octanol–water partition coefficient (Wildman–Crippen LogP) is -0.852. The first-order chi connectivity index (χ1) is 7.27. The molecule has 1 aromatic rings. The van der Waals surface area contributed by atoms with Gasteiger partial charge < -0.3 is 17.7 Å². The molecule has 0 aliphatic heterocycles. The summed E-state index contributed by atoms with van der Waals surface area (Å²) >= 11 is 0. The summed E-state index contributed by atoms with van der Waals surface area (Å²) in [6.45, 7) is -2.11. The molecule has 0 spiro atoms. The predicted molar refractivity (Wildman–Crippen MR) is 56.0 cm³/mol. The number of benzene rings is 1. The number of hydrogen-bond acceptors (Lipinski definition) is 2. The Kier molecular flexibility index (Phi) is 6.45. The van der Waals surface area contributed by atoms with Gasteiger partial charge in [0.2, 0.25) is 0 Å². The van der Waals surface area contributed by atoms with Gasteiger partial charge in [-0.1, -0.05) is 12.1 Å². The molecular formula is C10H11BF3KO2. The number of rotatable bonds is 2. The molecule has 0 amide bonds. The van der Waals surface area contributed by atoms with Crippen molar-refractivity contribution < 1.29 is 73.9 Å². The summed E-state index contributed by atoms with van der Waals surface area (Å²) in [6, 6.07) is 1.94. The monoisotopic (exact) mass is 270 g/mol. The van der Waals surface area contributed by atoms with Gasteiger partial charge in [-0.25, -0.2) is 4.79 Å². The molecule has 0 radical (unpaired) electrons. The molecule has 0 aliphatic rings. The van der Waals surface area contributed by atoms with Gasteiger partial charge in [0.1, 0.15) is 0 Å². The van der Waals surface area contributed by atoms with Crippen LogP contribution in [0, 0.1) is 13.8 Å². The minimum Gasteiger partial charge on any atom is -0.465 e. The van der Waals surface area contributed by atoms with Crippen LogP contribution in [0.4, 0.5) is 12.9 Å². The van der Waals surface area contributed by atoms with Gasteiger partial charge in [0.15, 0.2) is 0 Å². The maximum absolute atomic E-state index is 12.5. The molecule has 2 nitrogen and oxygen atoms in total. The van der Waals surface area contributed by atoms with Crippen molar-refractivity contribution in [2.24, 2.45) is 0 Å². The Labute approximate surface area is 140 Å². The third-order valence-electron chi connectivity index (χ3n) is 2.32. The summed E-state index contributed by atoms with van der Waals surface area (Å²) in [5.41, 5.74) is 0.0658. The summed E-state index contributed by atoms with van der Waals surface area (Å²) in [6.07, 6.45) is 0. The average molecular weight is 270 g/mol. The molecule has 17 heavy (non-hydrogen) atoms. The Morgan fingerprint density at radius 1 is 1.18 bits per heavy atom. The molecule has 0 saturated heterocycles. The first-order valence-electron chi connectivity index (χ1n) is 4.66. The Hall–Kier alpha value is 0.181. The minimum atomic E-state index is -5.04. The summed E-state index contributed by atoms with van der Waals surface area (Å²) in [5.74, 6) is -0.615. The molecule has 1 aromatic carbocycles. The largest absolute Gasteiger partial charge is 1.00 e. The van der Waals surface area contributed by atoms with E-state index in [1.807, 2.05) is 0 Å². The van der Waals surface area contributed by atoms with Gasteiger partial charge in [0.25, 0.3) is 0 Å². The average Bonchev–Trinajstić information content (AvgIpc) is 2.14. The van der Waals surface area contributed by atoms with E-state index in [4.69, 9.17) is 0 Å². The zero-order valence-corrected chi connectivity index (χ0v) is 13.3. The van der Waals surface area contributed by atoms with Crippen LogP contribution in [-0.4, -0.2) is 20.1 Å². The van der Waals surface area contributed by atoms with Crippen LogP contribution in [0.5, 0.6) is 0 Å². The van der Waals surface area contributed by atoms with Crippen molar-refractivity contribution in [1.29, 1.82) is 0 Å². The second kappa shape index (κ2) is 6.38. The van der Waals surface area contributed by atoms with Gasteiger partial charge in [-0.2, -0.15) is 0 Å². The zero-order chi connectivity index (χ0) is 12.5. The fourth-order valence-electron chi connectivity index (χ4n) is 1.61. The van der Waals surface area contributed by atoms with Crippen molar-refractivity contribution in [2.75, 3.05) is 7.11 Å². The van der Waals surface area contributed by atoms with Crippen LogP contribution in [0.2, 0.25) is 0 Å². The standard InChI is InChI=1S/C10H11BF3O2.K/c1-6-4-8(11(12,13)14)5-7(2)9(6)10(15)16-3;/h4-5H,1-3H3;/q-1;+1. The summed E-state index contributed by atoms with van der Waals surface area (Å²) in [5, 5.41) is 0. The van der Waals surface area contributed by atoms with Crippen LogP contribution in [0.3, 0.4) is 0 Å². The zero-order valence-electron chi connectivity index (χ0n) is 10.2. The van der Waals surface area contributed by atoms with Crippen molar-refractivity contribution in [3.63, 3.8) is 0 Å². The van der Waals surface area contributed by atoms with Crippen LogP contribution in [0.25, 0.3) is 0 Å². The van der Waals surface area contributed by atoms with Crippen LogP contribution < -0.4 is 56.8 Å². The van der Waals surface area contributed by atoms with Crippen molar-refractivity contribution in [3.05, 3.63) is 28.8 Å². The number of halogens is 3. The van der Waals surface area contributed by atoms with Crippen LogP contribution in [0.15, 0.2) is 12.1 Å². The quantitative estimate of drug-likeness (QED) is 0.517. The van der Waals surface area contributed by atoms with E-state index in [1.54, 1.807) is 0 Å². The van der Waals surface area contributed by atoms with E-state index in [-0.39, 0.29) is 68.1 Å². The van der Waals surface area contributed by atoms with E-state index in [9.17, 15) is 17.7 Å². The van der Waals surface area contributed by atoms with Crippen molar-refractivity contribution >= 4 is 18.4 Å². The number of esters is 1. The second-order valence-corrected chi connectivity index (χ2v) is 3.60. The van der Waals surface area contributed by atoms with Crippen molar-refractivity contribution in [2.45, 2.75) is 13.8 Å². The van der Waals surface area contributed by atoms with Crippen LogP contribution in [-0.2, 0) is 4.74 Å². The molecule has 0 N–H and O–H groups in total. The number of aryl methyl sites for hydroxylation is 2. The van der Waals surface area contributed by atoms with Crippen molar-refractivity contribution in [3.8, 4) is 0 Å². The summed E-state index contributed by atoms with van der Waals surface area (Å²) in [4.78, 5) is 11.3. The third-order valence-corrected chi connectivity index (χ3v) is 2.32. The molecular weight excluding hydrogens is 259 g/mol. The molecule has 0 unspecified atom stereocenters. The number of hydrogen-bond donors (Lipinski definition) is 0. The number of carbonyl (C=O) groups excluding carboxylic acids is 1. The Bertz CT molecular complexity index is 409. The Morgan fingerprint density at radius 2 is 1.59 bits per heavy atom. The van der Waals surface area contributed by atoms with Crippen LogP contribution in [0.1, 0.15) is 21.5 Å². The Morgan fingerprint density at radius 3 is 1.88 bits per heavy atom. The van der Waals surface area contributed by atoms with Crippen LogP contribution >= 0.6 is 0 Å². The maximum atomic E-state index is 12.5. The van der Waals surface area contributed by atoms with Gasteiger partial charge in [-0.15, -0.1) is 5.46 Å². The van der Waals surface area contributed by atoms with E-state index >= 15 is 0 Å². The molecule has 0 heterocycles. The molecule has 0 aliphatic carbocycles. The normalized spacial score (nSPS) is 10.7. The second-order valence-electron chi connectivity index (χ2n) is 3.60. The first-order valence-corrected chi connectivity index (χ1v) is 4.66. The minimum absolute atomic E-state index is 0. The maximum Gasteiger partial charge on any atom is 1.00 e. The SMILES string of the molecule is COC(=O)c1c(C)cc([B-](F)(F)F)cc1C.[K+]. The van der Waals surface area contributed by atoms with E-state index < -0.39 is 18.4 Å². The Balaban J connectivity index is 0.00000256. The smallest absolute Gasteiger partial charge is 0.465 e. The van der Waals surface area contributed by atoms with Gasteiger partial charge >= 0.3 is 64.3 Å². The molecule has 0 bridgehead atoms. The van der Waals surface area contributed by atoms with Gasteiger partial charge in [0, 0.05) is 0 Å². The summed E-state index contributed by atoms with van der Waals surface area (Å²) < 4.78 is 42.0. The number of ether oxygens (including phenoxy) is 1. The molecule has 0 atom stereocenters. The fraction of sp³-hybridized carbons (Fsp3) is 0.300.